The summed E-state index contributed by atoms with van der Waals surface area (Å²) >= 11 is 6.21. The number of carbonyl (C=O) groups excluding carboxylic acids is 2. The number of halogens is 2. The van der Waals surface area contributed by atoms with E-state index in [-0.39, 0.29) is 39.6 Å². The highest BCUT2D eigenvalue weighted by Gasteiger charge is 2.24. The van der Waals surface area contributed by atoms with Crippen LogP contribution in [0.15, 0.2) is 36.5 Å². The van der Waals surface area contributed by atoms with Gasteiger partial charge in [-0.15, -0.1) is 0 Å². The number of anilines is 1. The summed E-state index contributed by atoms with van der Waals surface area (Å²) in [4.78, 5) is 27.9. The molecule has 1 aliphatic rings. The molecule has 0 spiro atoms. The number of nitrogens with zero attached hydrogens (tertiary/aromatic N) is 1. The molecule has 4 rings (SSSR count). The zero-order valence-electron chi connectivity index (χ0n) is 16.4. The Balaban J connectivity index is 1.65. The minimum Gasteiger partial charge on any atom is -0.496 e. The highest BCUT2D eigenvalue weighted by Crippen LogP contribution is 2.36. The minimum atomic E-state index is -0.736. The minimum absolute atomic E-state index is 0.0974. The lowest BCUT2D eigenvalue weighted by Gasteiger charge is -2.14. The fourth-order valence-corrected chi connectivity index (χ4v) is 3.19. The van der Waals surface area contributed by atoms with Crippen LogP contribution in [0.5, 0.6) is 17.2 Å². The maximum Gasteiger partial charge on any atom is 0.319 e. The second-order valence-corrected chi connectivity index (χ2v) is 7.39. The first-order chi connectivity index (χ1) is 14.9. The average molecular weight is 445 g/mol. The third-order valence-corrected chi connectivity index (χ3v) is 5.00. The van der Waals surface area contributed by atoms with Crippen molar-refractivity contribution in [1.82, 2.24) is 10.3 Å². The highest BCUT2D eigenvalue weighted by molar-refractivity contribution is 6.33. The van der Waals surface area contributed by atoms with Gasteiger partial charge in [0.2, 0.25) is 0 Å². The van der Waals surface area contributed by atoms with Gasteiger partial charge >= 0.3 is 6.03 Å². The molecule has 1 aliphatic carbocycles. The second-order valence-electron chi connectivity index (χ2n) is 6.98. The Bertz CT molecular complexity index is 1200. The molecule has 10 heteroatoms. The maximum atomic E-state index is 14.7. The number of benzene rings is 2. The molecular weight excluding hydrogens is 427 g/mol. The second kappa shape index (κ2) is 8.27. The molecule has 1 fully saturated rings. The molecule has 2 aromatic carbocycles. The van der Waals surface area contributed by atoms with Gasteiger partial charge in [0.25, 0.3) is 5.91 Å². The third kappa shape index (κ3) is 4.46. The number of hydrogen-bond acceptors (Lipinski definition) is 5. The van der Waals surface area contributed by atoms with Crippen molar-refractivity contribution in [3.8, 4) is 17.2 Å². The maximum absolute atomic E-state index is 14.7. The SMILES string of the molecule is COc1cc2nccc(Oc3cc(Cl)c(NC(=O)NC4CC4)cc3F)c2cc1C(N)=O. The summed E-state index contributed by atoms with van der Waals surface area (Å²) in [6, 6.07) is 6.55. The van der Waals surface area contributed by atoms with Crippen molar-refractivity contribution in [3.63, 3.8) is 0 Å². The molecule has 0 atom stereocenters. The highest BCUT2D eigenvalue weighted by atomic mass is 35.5. The molecule has 0 aliphatic heterocycles. The van der Waals surface area contributed by atoms with E-state index in [1.807, 2.05) is 0 Å². The van der Waals surface area contributed by atoms with Gasteiger partial charge in [0.05, 0.1) is 28.9 Å². The van der Waals surface area contributed by atoms with E-state index < -0.39 is 17.8 Å². The number of rotatable bonds is 6. The van der Waals surface area contributed by atoms with Crippen LogP contribution in [-0.2, 0) is 0 Å². The molecule has 1 heterocycles. The number of nitrogens with one attached hydrogen (secondary N) is 2. The van der Waals surface area contributed by atoms with E-state index in [0.717, 1.165) is 18.9 Å². The van der Waals surface area contributed by atoms with Crippen LogP contribution in [0.2, 0.25) is 5.02 Å². The van der Waals surface area contributed by atoms with Gasteiger partial charge in [-0.3, -0.25) is 9.78 Å². The van der Waals surface area contributed by atoms with Gasteiger partial charge in [-0.25, -0.2) is 9.18 Å². The molecule has 0 bridgehead atoms. The van der Waals surface area contributed by atoms with E-state index in [9.17, 15) is 14.0 Å². The molecule has 31 heavy (non-hydrogen) atoms. The molecule has 0 radical (unpaired) electrons. The van der Waals surface area contributed by atoms with E-state index in [1.165, 1.54) is 37.6 Å². The van der Waals surface area contributed by atoms with Crippen molar-refractivity contribution in [1.29, 1.82) is 0 Å². The molecule has 0 unspecified atom stereocenters. The van der Waals surface area contributed by atoms with Crippen molar-refractivity contribution in [2.45, 2.75) is 18.9 Å². The van der Waals surface area contributed by atoms with Crippen molar-refractivity contribution >= 4 is 40.1 Å². The van der Waals surface area contributed by atoms with Crippen LogP contribution < -0.4 is 25.8 Å². The first-order valence-electron chi connectivity index (χ1n) is 9.36. The van der Waals surface area contributed by atoms with Gasteiger partial charge in [0.15, 0.2) is 11.6 Å². The fraction of sp³-hybridized carbons (Fsp3) is 0.190. The van der Waals surface area contributed by atoms with E-state index in [0.29, 0.717) is 10.9 Å². The molecule has 4 N–H and O–H groups in total. The number of carbonyl (C=O) groups is 2. The number of fused-ring (bicyclic) bond motifs is 1. The normalized spacial score (nSPS) is 13.0. The van der Waals surface area contributed by atoms with Crippen LogP contribution in [0.1, 0.15) is 23.2 Å². The lowest BCUT2D eigenvalue weighted by molar-refractivity contribution is 0.0997. The predicted octanol–water partition coefficient (Wildman–Crippen LogP) is 4.21. The Hall–Kier alpha value is -3.59. The number of ether oxygens (including phenoxy) is 2. The summed E-state index contributed by atoms with van der Waals surface area (Å²) in [5.74, 6) is -1.10. The standard InChI is InChI=1S/C21H18ClFN4O4/c1-30-18-9-15-11(6-12(18)20(24)28)17(4-5-25-15)31-19-7-13(22)16(8-14(19)23)27-21(29)26-10-2-3-10/h4-10H,2-3H2,1H3,(H2,24,28)(H2,26,27,29). The van der Waals surface area contributed by atoms with Crippen LogP contribution >= 0.6 is 11.6 Å². The van der Waals surface area contributed by atoms with Crippen LogP contribution in [-0.4, -0.2) is 30.1 Å². The summed E-state index contributed by atoms with van der Waals surface area (Å²) in [6.07, 6.45) is 3.32. The fourth-order valence-electron chi connectivity index (χ4n) is 2.99. The smallest absolute Gasteiger partial charge is 0.319 e. The largest absolute Gasteiger partial charge is 0.496 e. The van der Waals surface area contributed by atoms with Crippen molar-refractivity contribution in [3.05, 3.63) is 52.9 Å². The Kier molecular flexibility index (Phi) is 5.51. The summed E-state index contributed by atoms with van der Waals surface area (Å²) < 4.78 is 25.6. The Labute approximate surface area is 181 Å². The number of urea groups is 1. The van der Waals surface area contributed by atoms with Crippen LogP contribution in [0.3, 0.4) is 0 Å². The van der Waals surface area contributed by atoms with Crippen molar-refractivity contribution < 1.29 is 23.5 Å². The zero-order valence-corrected chi connectivity index (χ0v) is 17.1. The summed E-state index contributed by atoms with van der Waals surface area (Å²) in [5.41, 5.74) is 6.13. The third-order valence-electron chi connectivity index (χ3n) is 4.69. The molecule has 1 aromatic heterocycles. The summed E-state index contributed by atoms with van der Waals surface area (Å²) in [7, 11) is 1.41. The number of pyridine rings is 1. The molecule has 8 nitrogen and oxygen atoms in total. The van der Waals surface area contributed by atoms with E-state index in [1.54, 1.807) is 0 Å². The lowest BCUT2D eigenvalue weighted by Crippen LogP contribution is -2.30. The van der Waals surface area contributed by atoms with Gasteiger partial charge in [-0.1, -0.05) is 11.6 Å². The van der Waals surface area contributed by atoms with Gasteiger partial charge in [0.1, 0.15) is 11.5 Å². The van der Waals surface area contributed by atoms with E-state index >= 15 is 0 Å². The summed E-state index contributed by atoms with van der Waals surface area (Å²) in [6.45, 7) is 0. The number of amides is 3. The Morgan fingerprint density at radius 3 is 2.65 bits per heavy atom. The molecule has 3 amide bonds. The zero-order chi connectivity index (χ0) is 22.1. The van der Waals surface area contributed by atoms with Gasteiger partial charge < -0.3 is 25.8 Å². The average Bonchev–Trinajstić information content (AvgIpc) is 3.54. The Morgan fingerprint density at radius 1 is 1.19 bits per heavy atom. The Morgan fingerprint density at radius 2 is 1.97 bits per heavy atom. The number of nitrogens with two attached hydrogens (primary N) is 1. The number of hydrogen-bond donors (Lipinski definition) is 3. The predicted molar refractivity (Wildman–Crippen MR) is 113 cm³/mol. The lowest BCUT2D eigenvalue weighted by atomic mass is 10.1. The quantitative estimate of drug-likeness (QED) is 0.526. The topological polar surface area (TPSA) is 116 Å². The van der Waals surface area contributed by atoms with Crippen LogP contribution in [0, 0.1) is 5.82 Å². The van der Waals surface area contributed by atoms with Gasteiger partial charge in [-0.05, 0) is 25.0 Å². The first kappa shape index (κ1) is 20.7. The van der Waals surface area contributed by atoms with E-state index in [4.69, 9.17) is 26.8 Å². The van der Waals surface area contributed by atoms with Crippen molar-refractivity contribution in [2.75, 3.05) is 12.4 Å². The molecule has 1 saturated carbocycles. The summed E-state index contributed by atoms with van der Waals surface area (Å²) in [5, 5.41) is 5.78. The van der Waals surface area contributed by atoms with Crippen LogP contribution in [0.4, 0.5) is 14.9 Å². The molecule has 0 saturated heterocycles. The number of primary amides is 1. The monoisotopic (exact) mass is 444 g/mol. The molecule has 160 valence electrons. The van der Waals surface area contributed by atoms with Crippen molar-refractivity contribution in [2.24, 2.45) is 5.73 Å². The molecular formula is C21H18ClFN4O4. The van der Waals surface area contributed by atoms with Gasteiger partial charge in [0, 0.05) is 35.8 Å². The number of methoxy groups -OCH3 is 1. The van der Waals surface area contributed by atoms with E-state index in [2.05, 4.69) is 15.6 Å². The van der Waals surface area contributed by atoms with Gasteiger partial charge in [-0.2, -0.15) is 0 Å². The van der Waals surface area contributed by atoms with Crippen LogP contribution in [0.25, 0.3) is 10.9 Å². The first-order valence-corrected chi connectivity index (χ1v) is 9.74. The number of aromatic nitrogens is 1. The molecule has 3 aromatic rings.